The molecule has 1 aromatic heterocycles. The van der Waals surface area contributed by atoms with E-state index in [2.05, 4.69) is 5.32 Å². The summed E-state index contributed by atoms with van der Waals surface area (Å²) in [5, 5.41) is 5.43. The maximum Gasteiger partial charge on any atom is 0.251 e. The van der Waals surface area contributed by atoms with Gasteiger partial charge < -0.3 is 10.2 Å². The molecule has 1 aromatic carbocycles. The van der Waals surface area contributed by atoms with E-state index in [-0.39, 0.29) is 17.9 Å². The number of nitrogens with zero attached hydrogens (tertiary/aromatic N) is 1. The van der Waals surface area contributed by atoms with Crippen LogP contribution in [0.25, 0.3) is 0 Å². The van der Waals surface area contributed by atoms with E-state index in [4.69, 9.17) is 11.6 Å². The fourth-order valence-corrected chi connectivity index (χ4v) is 3.21. The highest BCUT2D eigenvalue weighted by Crippen LogP contribution is 2.23. The average Bonchev–Trinajstić information content (AvgIpc) is 3.12. The van der Waals surface area contributed by atoms with Gasteiger partial charge >= 0.3 is 0 Å². The fourth-order valence-electron chi connectivity index (χ4n) is 2.26. The first-order chi connectivity index (χ1) is 11.5. The Hall–Kier alpha value is -1.85. The average molecular weight is 365 g/mol. The van der Waals surface area contributed by atoms with Gasteiger partial charge in [0, 0.05) is 35.5 Å². The molecule has 0 unspecified atom stereocenters. The van der Waals surface area contributed by atoms with Crippen LogP contribution in [-0.2, 0) is 4.79 Å². The van der Waals surface area contributed by atoms with E-state index in [1.807, 2.05) is 31.5 Å². The third-order valence-electron chi connectivity index (χ3n) is 3.89. The Morgan fingerprint density at radius 2 is 1.96 bits per heavy atom. The van der Waals surface area contributed by atoms with Crippen molar-refractivity contribution in [2.45, 2.75) is 25.8 Å². The molecule has 0 aliphatic rings. The first kappa shape index (κ1) is 18.5. The maximum absolute atomic E-state index is 12.2. The maximum atomic E-state index is 12.2. The highest BCUT2D eigenvalue weighted by molar-refractivity contribution is 7.10. The second kappa shape index (κ2) is 8.85. The van der Waals surface area contributed by atoms with Gasteiger partial charge in [-0.05, 0) is 49.1 Å². The number of benzene rings is 1. The molecule has 128 valence electrons. The SMILES string of the molecule is C[C@H](c1cccs1)N(C)C(=O)CCCNC(=O)c1ccc(Cl)cc1. The van der Waals surface area contributed by atoms with Crippen molar-refractivity contribution >= 4 is 34.8 Å². The number of amides is 2. The van der Waals surface area contributed by atoms with Crippen LogP contribution in [0, 0.1) is 0 Å². The molecule has 2 aromatic rings. The topological polar surface area (TPSA) is 49.4 Å². The molecule has 1 atom stereocenters. The number of carbonyl (C=O) groups excluding carboxylic acids is 2. The molecule has 0 spiro atoms. The van der Waals surface area contributed by atoms with Crippen molar-refractivity contribution in [2.75, 3.05) is 13.6 Å². The van der Waals surface area contributed by atoms with Crippen molar-refractivity contribution in [2.24, 2.45) is 0 Å². The van der Waals surface area contributed by atoms with E-state index in [9.17, 15) is 9.59 Å². The van der Waals surface area contributed by atoms with Crippen LogP contribution < -0.4 is 5.32 Å². The third-order valence-corrected chi connectivity index (χ3v) is 5.18. The molecule has 0 saturated carbocycles. The number of carbonyl (C=O) groups is 2. The van der Waals surface area contributed by atoms with E-state index in [0.29, 0.717) is 30.0 Å². The summed E-state index contributed by atoms with van der Waals surface area (Å²) in [6.45, 7) is 2.49. The largest absolute Gasteiger partial charge is 0.352 e. The van der Waals surface area contributed by atoms with E-state index in [0.717, 1.165) is 0 Å². The highest BCUT2D eigenvalue weighted by atomic mass is 35.5. The van der Waals surface area contributed by atoms with Gasteiger partial charge in [-0.25, -0.2) is 0 Å². The Labute approximate surface area is 151 Å². The van der Waals surface area contributed by atoms with Crippen LogP contribution in [0.2, 0.25) is 5.02 Å². The second-order valence-electron chi connectivity index (χ2n) is 5.56. The summed E-state index contributed by atoms with van der Waals surface area (Å²) in [5.74, 6) is -0.0731. The van der Waals surface area contributed by atoms with E-state index in [1.54, 1.807) is 40.5 Å². The predicted octanol–water partition coefficient (Wildman–Crippen LogP) is 4.13. The van der Waals surface area contributed by atoms with Gasteiger partial charge in [0.1, 0.15) is 0 Å². The minimum Gasteiger partial charge on any atom is -0.352 e. The lowest BCUT2D eigenvalue weighted by molar-refractivity contribution is -0.131. The first-order valence-electron chi connectivity index (χ1n) is 7.82. The zero-order valence-corrected chi connectivity index (χ0v) is 15.4. The quantitative estimate of drug-likeness (QED) is 0.751. The minimum absolute atomic E-state index is 0.0705. The van der Waals surface area contributed by atoms with Gasteiger partial charge in [0.2, 0.25) is 5.91 Å². The molecule has 6 heteroatoms. The first-order valence-corrected chi connectivity index (χ1v) is 9.07. The number of halogens is 1. The molecular formula is C18H21ClN2O2S. The summed E-state index contributed by atoms with van der Waals surface area (Å²) >= 11 is 7.44. The Balaban J connectivity index is 1.72. The summed E-state index contributed by atoms with van der Waals surface area (Å²) in [6.07, 6.45) is 1.02. The molecule has 2 amide bonds. The summed E-state index contributed by atoms with van der Waals surface area (Å²) in [7, 11) is 1.82. The molecule has 0 aliphatic heterocycles. The van der Waals surface area contributed by atoms with Crippen LogP contribution >= 0.6 is 22.9 Å². The fraction of sp³-hybridized carbons (Fsp3) is 0.333. The van der Waals surface area contributed by atoms with Gasteiger partial charge in [0.05, 0.1) is 6.04 Å². The molecule has 0 radical (unpaired) electrons. The van der Waals surface area contributed by atoms with Gasteiger partial charge in [-0.15, -0.1) is 11.3 Å². The summed E-state index contributed by atoms with van der Waals surface area (Å²) in [6, 6.07) is 10.8. The lowest BCUT2D eigenvalue weighted by atomic mass is 10.2. The minimum atomic E-state index is -0.153. The Bertz CT molecular complexity index is 671. The van der Waals surface area contributed by atoms with Gasteiger partial charge in [-0.2, -0.15) is 0 Å². The summed E-state index contributed by atoms with van der Waals surface area (Å²) in [4.78, 5) is 27.1. The number of nitrogens with one attached hydrogen (secondary N) is 1. The number of hydrogen-bond acceptors (Lipinski definition) is 3. The monoisotopic (exact) mass is 364 g/mol. The molecule has 24 heavy (non-hydrogen) atoms. The molecule has 0 fully saturated rings. The third kappa shape index (κ3) is 5.08. The smallest absolute Gasteiger partial charge is 0.251 e. The molecule has 0 saturated heterocycles. The zero-order valence-electron chi connectivity index (χ0n) is 13.8. The van der Waals surface area contributed by atoms with Crippen molar-refractivity contribution < 1.29 is 9.59 Å². The molecule has 4 nitrogen and oxygen atoms in total. The van der Waals surface area contributed by atoms with E-state index >= 15 is 0 Å². The van der Waals surface area contributed by atoms with Crippen molar-refractivity contribution in [3.8, 4) is 0 Å². The van der Waals surface area contributed by atoms with Crippen LogP contribution in [0.1, 0.15) is 41.0 Å². The standard InChI is InChI=1S/C18H21ClN2O2S/c1-13(16-5-4-12-24-16)21(2)17(22)6-3-11-20-18(23)14-7-9-15(19)10-8-14/h4-5,7-10,12-13H,3,6,11H2,1-2H3,(H,20,23)/t13-/m1/s1. The van der Waals surface area contributed by atoms with Crippen LogP contribution in [0.3, 0.4) is 0 Å². The van der Waals surface area contributed by atoms with Gasteiger partial charge in [0.15, 0.2) is 0 Å². The predicted molar refractivity (Wildman–Crippen MR) is 98.5 cm³/mol. The molecular weight excluding hydrogens is 344 g/mol. The van der Waals surface area contributed by atoms with Crippen molar-refractivity contribution in [3.05, 3.63) is 57.2 Å². The molecule has 1 heterocycles. The molecule has 0 bridgehead atoms. The van der Waals surface area contributed by atoms with Crippen LogP contribution in [-0.4, -0.2) is 30.3 Å². The molecule has 0 aliphatic carbocycles. The van der Waals surface area contributed by atoms with E-state index in [1.165, 1.54) is 4.88 Å². The Morgan fingerprint density at radius 3 is 2.58 bits per heavy atom. The lowest BCUT2D eigenvalue weighted by Crippen LogP contribution is -2.30. The Morgan fingerprint density at radius 1 is 1.25 bits per heavy atom. The van der Waals surface area contributed by atoms with Crippen LogP contribution in [0.5, 0.6) is 0 Å². The van der Waals surface area contributed by atoms with Gasteiger partial charge in [-0.3, -0.25) is 9.59 Å². The van der Waals surface area contributed by atoms with Gasteiger partial charge in [-0.1, -0.05) is 17.7 Å². The normalized spacial score (nSPS) is 11.8. The van der Waals surface area contributed by atoms with Crippen molar-refractivity contribution in [1.82, 2.24) is 10.2 Å². The second-order valence-corrected chi connectivity index (χ2v) is 6.98. The van der Waals surface area contributed by atoms with Crippen molar-refractivity contribution in [1.29, 1.82) is 0 Å². The molecule has 2 rings (SSSR count). The lowest BCUT2D eigenvalue weighted by Gasteiger charge is -2.24. The highest BCUT2D eigenvalue weighted by Gasteiger charge is 2.17. The van der Waals surface area contributed by atoms with Crippen molar-refractivity contribution in [3.63, 3.8) is 0 Å². The number of thiophene rings is 1. The van der Waals surface area contributed by atoms with Crippen LogP contribution in [0.15, 0.2) is 41.8 Å². The van der Waals surface area contributed by atoms with Gasteiger partial charge in [0.25, 0.3) is 5.91 Å². The van der Waals surface area contributed by atoms with E-state index < -0.39 is 0 Å². The van der Waals surface area contributed by atoms with Crippen LogP contribution in [0.4, 0.5) is 0 Å². The molecule has 1 N–H and O–H groups in total. The Kier molecular flexibility index (Phi) is 6.82. The number of rotatable bonds is 7. The summed E-state index contributed by atoms with van der Waals surface area (Å²) < 4.78 is 0. The zero-order chi connectivity index (χ0) is 17.5. The summed E-state index contributed by atoms with van der Waals surface area (Å²) in [5.41, 5.74) is 0.564. The number of hydrogen-bond donors (Lipinski definition) is 1.